The van der Waals surface area contributed by atoms with Crippen molar-refractivity contribution in [2.24, 2.45) is 5.73 Å². The summed E-state index contributed by atoms with van der Waals surface area (Å²) in [5, 5.41) is 8.46. The summed E-state index contributed by atoms with van der Waals surface area (Å²) >= 11 is 11.5. The molecule has 0 heterocycles. The highest BCUT2D eigenvalue weighted by Crippen LogP contribution is 2.29. The molecule has 1 rings (SSSR count). The molecule has 3 N–H and O–H groups in total. The van der Waals surface area contributed by atoms with E-state index in [1.807, 2.05) is 0 Å². The molecule has 17 heavy (non-hydrogen) atoms. The third-order valence-electron chi connectivity index (χ3n) is 1.95. The lowest BCUT2D eigenvalue weighted by Crippen LogP contribution is -2.37. The van der Waals surface area contributed by atoms with E-state index < -0.39 is 27.6 Å². The molecular weight excluding hydrogens is 289 g/mol. The monoisotopic (exact) mass is 297 g/mol. The van der Waals surface area contributed by atoms with E-state index in [4.69, 9.17) is 34.0 Å². The van der Waals surface area contributed by atoms with Gasteiger partial charge in [0.05, 0.1) is 15.8 Å². The number of carbonyl (C=O) groups is 1. The second-order valence-corrected chi connectivity index (χ2v) is 6.06. The van der Waals surface area contributed by atoms with Crippen LogP contribution in [0.25, 0.3) is 0 Å². The number of aliphatic carboxylic acids is 1. The van der Waals surface area contributed by atoms with Crippen molar-refractivity contribution in [1.29, 1.82) is 0 Å². The van der Waals surface area contributed by atoms with Crippen molar-refractivity contribution in [3.63, 3.8) is 0 Å². The van der Waals surface area contributed by atoms with Gasteiger partial charge in [-0.1, -0.05) is 29.3 Å². The largest absolute Gasteiger partial charge is 0.480 e. The van der Waals surface area contributed by atoms with Gasteiger partial charge in [-0.15, -0.1) is 0 Å². The third-order valence-corrected chi connectivity index (χ3v) is 4.66. The van der Waals surface area contributed by atoms with E-state index in [2.05, 4.69) is 0 Å². The van der Waals surface area contributed by atoms with Crippen LogP contribution in [0.4, 0.5) is 0 Å². The zero-order chi connectivity index (χ0) is 13.2. The first-order valence-corrected chi connectivity index (χ1v) is 6.81. The summed E-state index contributed by atoms with van der Waals surface area (Å²) in [6, 6.07) is 2.67. The third kappa shape index (κ3) is 3.32. The second-order valence-electron chi connectivity index (χ2n) is 3.28. The number of carboxylic acids is 1. The predicted molar refractivity (Wildman–Crippen MR) is 64.1 cm³/mol. The Labute approximate surface area is 108 Å². The van der Waals surface area contributed by atoms with E-state index in [0.29, 0.717) is 0 Å². The fourth-order valence-electron chi connectivity index (χ4n) is 1.17. The Kier molecular flexibility index (Phi) is 4.37. The number of benzene rings is 1. The maximum absolute atomic E-state index is 11.9. The minimum Gasteiger partial charge on any atom is -0.480 e. The zero-order valence-electron chi connectivity index (χ0n) is 8.43. The van der Waals surface area contributed by atoms with Gasteiger partial charge in [0.15, 0.2) is 9.84 Å². The highest BCUT2D eigenvalue weighted by molar-refractivity contribution is 7.91. The Bertz CT molecular complexity index is 524. The molecule has 0 aliphatic heterocycles. The van der Waals surface area contributed by atoms with Gasteiger partial charge in [0.2, 0.25) is 0 Å². The van der Waals surface area contributed by atoms with E-state index in [9.17, 15) is 13.2 Å². The Morgan fingerprint density at radius 3 is 2.24 bits per heavy atom. The highest BCUT2D eigenvalue weighted by atomic mass is 35.5. The SMILES string of the molecule is NC(CS(=O)(=O)c1c(Cl)cccc1Cl)C(=O)O. The van der Waals surface area contributed by atoms with E-state index in [1.165, 1.54) is 18.2 Å². The molecule has 1 atom stereocenters. The molecule has 1 unspecified atom stereocenters. The molecule has 0 fully saturated rings. The number of hydrogen-bond donors (Lipinski definition) is 2. The summed E-state index contributed by atoms with van der Waals surface area (Å²) in [4.78, 5) is 10.2. The van der Waals surface area contributed by atoms with Crippen molar-refractivity contribution in [3.05, 3.63) is 28.2 Å². The van der Waals surface area contributed by atoms with Crippen LogP contribution in [-0.4, -0.2) is 31.3 Å². The molecule has 94 valence electrons. The molecule has 0 aliphatic carbocycles. The average molecular weight is 298 g/mol. The molecule has 0 bridgehead atoms. The number of halogens is 2. The number of rotatable bonds is 4. The molecule has 0 saturated carbocycles. The van der Waals surface area contributed by atoms with Crippen LogP contribution in [-0.2, 0) is 14.6 Å². The summed E-state index contributed by atoms with van der Waals surface area (Å²) in [5.41, 5.74) is 5.18. The minimum atomic E-state index is -3.94. The van der Waals surface area contributed by atoms with Gasteiger partial charge in [-0.2, -0.15) is 0 Å². The van der Waals surface area contributed by atoms with Crippen LogP contribution in [0, 0.1) is 0 Å². The van der Waals surface area contributed by atoms with Crippen LogP contribution < -0.4 is 5.73 Å². The standard InChI is InChI=1S/C9H9Cl2NO4S/c10-5-2-1-3-6(11)8(5)17(15,16)4-7(12)9(13)14/h1-3,7H,4,12H2,(H,13,14). The molecule has 0 amide bonds. The molecule has 0 aliphatic rings. The fourth-order valence-corrected chi connectivity index (χ4v) is 3.79. The van der Waals surface area contributed by atoms with Gasteiger partial charge < -0.3 is 10.8 Å². The van der Waals surface area contributed by atoms with Crippen LogP contribution in [0.1, 0.15) is 0 Å². The summed E-state index contributed by atoms with van der Waals surface area (Å²) in [5.74, 6) is -2.16. The fraction of sp³-hybridized carbons (Fsp3) is 0.222. The Morgan fingerprint density at radius 1 is 1.35 bits per heavy atom. The predicted octanol–water partition coefficient (Wildman–Crippen LogP) is 1.18. The maximum Gasteiger partial charge on any atom is 0.321 e. The van der Waals surface area contributed by atoms with Crippen molar-refractivity contribution < 1.29 is 18.3 Å². The van der Waals surface area contributed by atoms with Crippen LogP contribution >= 0.6 is 23.2 Å². The van der Waals surface area contributed by atoms with Gasteiger partial charge in [0.1, 0.15) is 10.9 Å². The van der Waals surface area contributed by atoms with E-state index >= 15 is 0 Å². The Hall–Kier alpha value is -0.820. The second kappa shape index (κ2) is 5.22. The number of nitrogens with two attached hydrogens (primary N) is 1. The van der Waals surface area contributed by atoms with Gasteiger partial charge in [-0.05, 0) is 12.1 Å². The van der Waals surface area contributed by atoms with Crippen LogP contribution in [0.15, 0.2) is 23.1 Å². The first kappa shape index (κ1) is 14.2. The minimum absolute atomic E-state index is 0.0601. The molecule has 1 aromatic rings. The van der Waals surface area contributed by atoms with Crippen LogP contribution in [0.5, 0.6) is 0 Å². The molecule has 0 spiro atoms. The van der Waals surface area contributed by atoms with Gasteiger partial charge in [0.25, 0.3) is 0 Å². The lowest BCUT2D eigenvalue weighted by molar-refractivity contribution is -0.137. The van der Waals surface area contributed by atoms with Gasteiger partial charge >= 0.3 is 5.97 Å². The van der Waals surface area contributed by atoms with E-state index in [-0.39, 0.29) is 14.9 Å². The first-order valence-electron chi connectivity index (χ1n) is 4.41. The molecule has 0 saturated heterocycles. The normalized spacial score (nSPS) is 13.4. The summed E-state index contributed by atoms with van der Waals surface area (Å²) in [6.07, 6.45) is 0. The van der Waals surface area contributed by atoms with Gasteiger partial charge in [-0.25, -0.2) is 8.42 Å². The van der Waals surface area contributed by atoms with Crippen molar-refractivity contribution in [1.82, 2.24) is 0 Å². The van der Waals surface area contributed by atoms with Gasteiger partial charge in [0, 0.05) is 0 Å². The van der Waals surface area contributed by atoms with Crippen LogP contribution in [0.3, 0.4) is 0 Å². The smallest absolute Gasteiger partial charge is 0.321 e. The van der Waals surface area contributed by atoms with Crippen molar-refractivity contribution >= 4 is 39.0 Å². The summed E-state index contributed by atoms with van der Waals surface area (Å²) < 4.78 is 23.8. The van der Waals surface area contributed by atoms with E-state index in [0.717, 1.165) is 0 Å². The number of hydrogen-bond acceptors (Lipinski definition) is 4. The molecule has 8 heteroatoms. The summed E-state index contributed by atoms with van der Waals surface area (Å²) in [7, 11) is -3.94. The quantitative estimate of drug-likeness (QED) is 0.870. The molecule has 5 nitrogen and oxygen atoms in total. The van der Waals surface area contributed by atoms with Crippen LogP contribution in [0.2, 0.25) is 10.0 Å². The Morgan fingerprint density at radius 2 is 1.82 bits per heavy atom. The first-order chi connectivity index (χ1) is 7.75. The highest BCUT2D eigenvalue weighted by Gasteiger charge is 2.27. The molecule has 0 aromatic heterocycles. The summed E-state index contributed by atoms with van der Waals surface area (Å²) in [6.45, 7) is 0. The molecular formula is C9H9Cl2NO4S. The van der Waals surface area contributed by atoms with Crippen molar-refractivity contribution in [3.8, 4) is 0 Å². The van der Waals surface area contributed by atoms with Crippen molar-refractivity contribution in [2.45, 2.75) is 10.9 Å². The number of sulfone groups is 1. The Balaban J connectivity index is 3.19. The lowest BCUT2D eigenvalue weighted by Gasteiger charge is -2.10. The lowest BCUT2D eigenvalue weighted by atomic mass is 10.4. The number of carboxylic acid groups (broad SMARTS) is 1. The molecule has 1 aromatic carbocycles. The average Bonchev–Trinajstić information content (AvgIpc) is 2.15. The molecule has 0 radical (unpaired) electrons. The topological polar surface area (TPSA) is 97.5 Å². The zero-order valence-corrected chi connectivity index (χ0v) is 10.8. The van der Waals surface area contributed by atoms with Gasteiger partial charge in [-0.3, -0.25) is 4.79 Å². The maximum atomic E-state index is 11.9. The van der Waals surface area contributed by atoms with E-state index in [1.54, 1.807) is 0 Å². The van der Waals surface area contributed by atoms with Crippen molar-refractivity contribution in [2.75, 3.05) is 5.75 Å².